The molecule has 0 saturated heterocycles. The molecule has 0 spiro atoms. The third-order valence-corrected chi connectivity index (χ3v) is 6.59. The summed E-state index contributed by atoms with van der Waals surface area (Å²) in [5, 5.41) is 8.73. The SMILES string of the molecule is CCNC(=NCC(C)(C)c1cccs1)NCCc1ccc(S(C)(=O)=O)cc1. The Kier molecular flexibility index (Phi) is 7.44. The van der Waals surface area contributed by atoms with Crippen molar-refractivity contribution in [1.29, 1.82) is 0 Å². The Labute approximate surface area is 166 Å². The van der Waals surface area contributed by atoms with Crippen LogP contribution in [0.25, 0.3) is 0 Å². The number of sulfone groups is 1. The highest BCUT2D eigenvalue weighted by atomic mass is 32.2. The molecule has 0 saturated carbocycles. The summed E-state index contributed by atoms with van der Waals surface area (Å²) in [6.07, 6.45) is 2.02. The van der Waals surface area contributed by atoms with Gasteiger partial charge in [0.25, 0.3) is 0 Å². The molecular formula is C20H29N3O2S2. The number of rotatable bonds is 8. The third-order valence-electron chi connectivity index (χ3n) is 4.22. The first-order chi connectivity index (χ1) is 12.7. The maximum atomic E-state index is 11.5. The van der Waals surface area contributed by atoms with E-state index < -0.39 is 9.84 Å². The molecule has 0 aliphatic heterocycles. The van der Waals surface area contributed by atoms with E-state index in [0.29, 0.717) is 11.4 Å². The van der Waals surface area contributed by atoms with Crippen molar-refractivity contribution in [1.82, 2.24) is 10.6 Å². The van der Waals surface area contributed by atoms with Crippen molar-refractivity contribution in [2.45, 2.75) is 37.5 Å². The summed E-state index contributed by atoms with van der Waals surface area (Å²) in [4.78, 5) is 6.42. The van der Waals surface area contributed by atoms with Crippen molar-refractivity contribution in [2.24, 2.45) is 4.99 Å². The lowest BCUT2D eigenvalue weighted by molar-refractivity contribution is 0.548. The molecule has 2 aromatic rings. The molecule has 0 aliphatic carbocycles. The fourth-order valence-corrected chi connectivity index (χ4v) is 4.06. The van der Waals surface area contributed by atoms with E-state index in [-0.39, 0.29) is 5.41 Å². The van der Waals surface area contributed by atoms with Crippen LogP contribution in [0.2, 0.25) is 0 Å². The number of benzene rings is 1. The van der Waals surface area contributed by atoms with Gasteiger partial charge in [-0.3, -0.25) is 4.99 Å². The smallest absolute Gasteiger partial charge is 0.191 e. The fraction of sp³-hybridized carbons (Fsp3) is 0.450. The van der Waals surface area contributed by atoms with Crippen molar-refractivity contribution in [3.05, 3.63) is 52.2 Å². The van der Waals surface area contributed by atoms with E-state index in [1.54, 1.807) is 23.5 Å². The van der Waals surface area contributed by atoms with Crippen molar-refractivity contribution >= 4 is 27.1 Å². The van der Waals surface area contributed by atoms with Crippen LogP contribution < -0.4 is 10.6 Å². The van der Waals surface area contributed by atoms with Crippen LogP contribution in [-0.4, -0.2) is 40.3 Å². The van der Waals surface area contributed by atoms with E-state index in [0.717, 1.165) is 31.0 Å². The van der Waals surface area contributed by atoms with E-state index in [4.69, 9.17) is 4.99 Å². The second kappa shape index (κ2) is 9.37. The first kappa shape index (κ1) is 21.4. The standard InChI is InChI=1S/C20H29N3O2S2/c1-5-21-19(23-15-20(2,3)18-7-6-14-26-18)22-13-12-16-8-10-17(11-9-16)27(4,24)25/h6-11,14H,5,12-13,15H2,1-4H3,(H2,21,22,23). The van der Waals surface area contributed by atoms with Crippen LogP contribution in [0.3, 0.4) is 0 Å². The van der Waals surface area contributed by atoms with Crippen molar-refractivity contribution < 1.29 is 8.42 Å². The summed E-state index contributed by atoms with van der Waals surface area (Å²) in [7, 11) is -3.14. The summed E-state index contributed by atoms with van der Waals surface area (Å²) in [5.74, 6) is 0.801. The largest absolute Gasteiger partial charge is 0.357 e. The second-order valence-electron chi connectivity index (χ2n) is 7.15. The number of guanidine groups is 1. The van der Waals surface area contributed by atoms with Gasteiger partial charge in [-0.1, -0.05) is 32.0 Å². The summed E-state index contributed by atoms with van der Waals surface area (Å²) >= 11 is 1.76. The Morgan fingerprint density at radius 2 is 1.85 bits per heavy atom. The summed E-state index contributed by atoms with van der Waals surface area (Å²) in [5.41, 5.74) is 1.09. The second-order valence-corrected chi connectivity index (χ2v) is 10.1. The Balaban J connectivity index is 1.92. The minimum Gasteiger partial charge on any atom is -0.357 e. The molecule has 2 rings (SSSR count). The molecule has 0 radical (unpaired) electrons. The molecule has 0 atom stereocenters. The molecule has 1 heterocycles. The minimum absolute atomic E-state index is 0.00199. The molecule has 0 amide bonds. The molecular weight excluding hydrogens is 378 g/mol. The zero-order valence-corrected chi connectivity index (χ0v) is 18.1. The molecule has 2 N–H and O–H groups in total. The summed E-state index contributed by atoms with van der Waals surface area (Å²) in [6.45, 7) is 8.68. The zero-order valence-electron chi connectivity index (χ0n) is 16.5. The van der Waals surface area contributed by atoms with Crippen LogP contribution in [0.15, 0.2) is 51.7 Å². The van der Waals surface area contributed by atoms with Crippen molar-refractivity contribution in [2.75, 3.05) is 25.9 Å². The van der Waals surface area contributed by atoms with Gasteiger partial charge < -0.3 is 10.6 Å². The highest BCUT2D eigenvalue weighted by Crippen LogP contribution is 2.27. The molecule has 0 fully saturated rings. The fourth-order valence-electron chi connectivity index (χ4n) is 2.59. The van der Waals surface area contributed by atoms with Crippen LogP contribution >= 0.6 is 11.3 Å². The third kappa shape index (κ3) is 6.66. The molecule has 7 heteroatoms. The summed E-state index contributed by atoms with van der Waals surface area (Å²) in [6, 6.07) is 11.3. The normalized spacial score (nSPS) is 12.8. The van der Waals surface area contributed by atoms with Crippen LogP contribution in [0.4, 0.5) is 0 Å². The van der Waals surface area contributed by atoms with E-state index in [2.05, 4.69) is 42.0 Å². The quantitative estimate of drug-likeness (QED) is 0.521. The van der Waals surface area contributed by atoms with Gasteiger partial charge >= 0.3 is 0 Å². The van der Waals surface area contributed by atoms with E-state index >= 15 is 0 Å². The molecule has 1 aromatic heterocycles. The first-order valence-corrected chi connectivity index (χ1v) is 11.8. The topological polar surface area (TPSA) is 70.6 Å². The van der Waals surface area contributed by atoms with Gasteiger partial charge in [-0.05, 0) is 42.5 Å². The van der Waals surface area contributed by atoms with Gasteiger partial charge in [0.1, 0.15) is 0 Å². The lowest BCUT2D eigenvalue weighted by Crippen LogP contribution is -2.39. The van der Waals surface area contributed by atoms with Gasteiger partial charge in [-0.2, -0.15) is 0 Å². The van der Waals surface area contributed by atoms with Gasteiger partial charge in [0, 0.05) is 29.6 Å². The average Bonchev–Trinajstić information content (AvgIpc) is 3.15. The maximum absolute atomic E-state index is 11.5. The Morgan fingerprint density at radius 1 is 1.15 bits per heavy atom. The highest BCUT2D eigenvalue weighted by Gasteiger charge is 2.21. The first-order valence-electron chi connectivity index (χ1n) is 9.07. The van der Waals surface area contributed by atoms with E-state index in [9.17, 15) is 8.42 Å². The number of hydrogen-bond acceptors (Lipinski definition) is 4. The van der Waals surface area contributed by atoms with Crippen LogP contribution in [-0.2, 0) is 21.7 Å². The van der Waals surface area contributed by atoms with Gasteiger partial charge in [0.2, 0.25) is 0 Å². The number of nitrogens with zero attached hydrogens (tertiary/aromatic N) is 1. The number of nitrogens with one attached hydrogen (secondary N) is 2. The van der Waals surface area contributed by atoms with Crippen LogP contribution in [0.5, 0.6) is 0 Å². The van der Waals surface area contributed by atoms with Crippen LogP contribution in [0, 0.1) is 0 Å². The van der Waals surface area contributed by atoms with Crippen molar-refractivity contribution in [3.63, 3.8) is 0 Å². The molecule has 27 heavy (non-hydrogen) atoms. The molecule has 0 aliphatic rings. The predicted octanol–water partition coefficient (Wildman–Crippen LogP) is 3.23. The lowest BCUT2D eigenvalue weighted by atomic mass is 9.92. The van der Waals surface area contributed by atoms with Crippen molar-refractivity contribution in [3.8, 4) is 0 Å². The Morgan fingerprint density at radius 3 is 2.41 bits per heavy atom. The molecule has 148 valence electrons. The Bertz CT molecular complexity index is 840. The van der Waals surface area contributed by atoms with Gasteiger partial charge in [0.15, 0.2) is 15.8 Å². The average molecular weight is 408 g/mol. The molecule has 1 aromatic carbocycles. The minimum atomic E-state index is -3.14. The lowest BCUT2D eigenvalue weighted by Gasteiger charge is -2.21. The predicted molar refractivity (Wildman–Crippen MR) is 115 cm³/mol. The Hall–Kier alpha value is -1.86. The number of thiophene rings is 1. The molecule has 0 bridgehead atoms. The van der Waals surface area contributed by atoms with Gasteiger partial charge in [-0.25, -0.2) is 8.42 Å². The zero-order chi connectivity index (χ0) is 19.9. The van der Waals surface area contributed by atoms with E-state index in [1.165, 1.54) is 11.1 Å². The summed E-state index contributed by atoms with van der Waals surface area (Å²) < 4.78 is 23.0. The number of hydrogen-bond donors (Lipinski definition) is 2. The maximum Gasteiger partial charge on any atom is 0.191 e. The van der Waals surface area contributed by atoms with Gasteiger partial charge in [0.05, 0.1) is 11.4 Å². The highest BCUT2D eigenvalue weighted by molar-refractivity contribution is 7.90. The monoisotopic (exact) mass is 407 g/mol. The molecule has 0 unspecified atom stereocenters. The number of aliphatic imine (C=N–C) groups is 1. The van der Waals surface area contributed by atoms with Crippen LogP contribution in [0.1, 0.15) is 31.2 Å². The van der Waals surface area contributed by atoms with Gasteiger partial charge in [-0.15, -0.1) is 11.3 Å². The van der Waals surface area contributed by atoms with E-state index in [1.807, 2.05) is 19.1 Å². The molecule has 5 nitrogen and oxygen atoms in total.